The molecular weight excluding hydrogens is 359 g/mol. The Hall–Kier alpha value is -1.89. The van der Waals surface area contributed by atoms with Gasteiger partial charge in [-0.3, -0.25) is 0 Å². The predicted octanol–water partition coefficient (Wildman–Crippen LogP) is 3.21. The first-order valence-corrected chi connectivity index (χ1v) is 6.46. The zero-order valence-electron chi connectivity index (χ0n) is 9.67. The van der Waals surface area contributed by atoms with Crippen LogP contribution in [0.5, 0.6) is 5.75 Å². The minimum absolute atomic E-state index is 0.0769. The van der Waals surface area contributed by atoms with Crippen LogP contribution in [-0.4, -0.2) is 17.0 Å². The van der Waals surface area contributed by atoms with Crippen molar-refractivity contribution in [2.24, 2.45) is 0 Å². The fourth-order valence-corrected chi connectivity index (χ4v) is 2.09. The molecule has 19 heavy (non-hydrogen) atoms. The maximum Gasteiger partial charge on any atom is 0.344 e. The standard InChI is InChI=1S/C14H9IO4/c15-12-7-2-1-6-11(12)14(18)19-10-5-3-4-9(8-10)13(16)17/h1-8H,(H,16,17). The van der Waals surface area contributed by atoms with E-state index in [1.165, 1.54) is 18.2 Å². The predicted molar refractivity (Wildman–Crippen MR) is 77.5 cm³/mol. The summed E-state index contributed by atoms with van der Waals surface area (Å²) in [5, 5.41) is 8.86. The summed E-state index contributed by atoms with van der Waals surface area (Å²) in [7, 11) is 0. The van der Waals surface area contributed by atoms with Crippen LogP contribution in [0.3, 0.4) is 0 Å². The van der Waals surface area contributed by atoms with Crippen molar-refractivity contribution in [3.05, 3.63) is 63.2 Å². The molecule has 0 saturated heterocycles. The Morgan fingerprint density at radius 1 is 1.05 bits per heavy atom. The maximum atomic E-state index is 11.9. The molecule has 0 heterocycles. The molecule has 1 N–H and O–H groups in total. The van der Waals surface area contributed by atoms with Crippen LogP contribution >= 0.6 is 22.6 Å². The van der Waals surface area contributed by atoms with Gasteiger partial charge < -0.3 is 9.84 Å². The number of ether oxygens (including phenoxy) is 1. The molecule has 0 aliphatic carbocycles. The molecule has 0 spiro atoms. The minimum Gasteiger partial charge on any atom is -0.478 e. The lowest BCUT2D eigenvalue weighted by molar-refractivity contribution is 0.0687. The molecule has 0 aliphatic rings. The van der Waals surface area contributed by atoms with E-state index in [9.17, 15) is 9.59 Å². The van der Waals surface area contributed by atoms with Crippen molar-refractivity contribution >= 4 is 34.5 Å². The molecule has 0 aliphatic heterocycles. The third-order valence-corrected chi connectivity index (χ3v) is 3.33. The molecule has 0 aromatic heterocycles. The van der Waals surface area contributed by atoms with Gasteiger partial charge in [-0.15, -0.1) is 0 Å². The van der Waals surface area contributed by atoms with Gasteiger partial charge in [0.15, 0.2) is 0 Å². The third-order valence-electron chi connectivity index (χ3n) is 2.39. The van der Waals surface area contributed by atoms with E-state index in [4.69, 9.17) is 9.84 Å². The Morgan fingerprint density at radius 3 is 2.47 bits per heavy atom. The lowest BCUT2D eigenvalue weighted by atomic mass is 10.2. The number of benzene rings is 2. The Labute approximate surface area is 123 Å². The SMILES string of the molecule is O=C(O)c1cccc(OC(=O)c2ccccc2I)c1. The van der Waals surface area contributed by atoms with Gasteiger partial charge in [0.25, 0.3) is 0 Å². The summed E-state index contributed by atoms with van der Waals surface area (Å²) in [6.07, 6.45) is 0. The highest BCUT2D eigenvalue weighted by atomic mass is 127. The number of aromatic carboxylic acids is 1. The molecule has 0 saturated carbocycles. The van der Waals surface area contributed by atoms with Crippen LogP contribution in [0.4, 0.5) is 0 Å². The van der Waals surface area contributed by atoms with Crippen molar-refractivity contribution in [1.29, 1.82) is 0 Å². The van der Waals surface area contributed by atoms with E-state index < -0.39 is 11.9 Å². The minimum atomic E-state index is -1.06. The largest absolute Gasteiger partial charge is 0.478 e. The third kappa shape index (κ3) is 3.31. The number of rotatable bonds is 3. The molecule has 4 nitrogen and oxygen atoms in total. The van der Waals surface area contributed by atoms with E-state index in [1.807, 2.05) is 28.7 Å². The second-order valence-corrected chi connectivity index (χ2v) is 4.86. The average Bonchev–Trinajstić information content (AvgIpc) is 2.39. The Morgan fingerprint density at radius 2 is 1.79 bits per heavy atom. The summed E-state index contributed by atoms with van der Waals surface area (Å²) in [5.41, 5.74) is 0.525. The zero-order valence-corrected chi connectivity index (χ0v) is 11.8. The summed E-state index contributed by atoms with van der Waals surface area (Å²) in [4.78, 5) is 22.8. The van der Waals surface area contributed by atoms with Crippen LogP contribution in [0.15, 0.2) is 48.5 Å². The smallest absolute Gasteiger partial charge is 0.344 e. The first-order chi connectivity index (χ1) is 9.08. The number of carboxylic acid groups (broad SMARTS) is 1. The zero-order chi connectivity index (χ0) is 13.8. The van der Waals surface area contributed by atoms with E-state index in [0.717, 1.165) is 3.57 Å². The fourth-order valence-electron chi connectivity index (χ4n) is 1.48. The van der Waals surface area contributed by atoms with E-state index in [0.29, 0.717) is 5.56 Å². The highest BCUT2D eigenvalue weighted by molar-refractivity contribution is 14.1. The molecule has 96 valence electrons. The van der Waals surface area contributed by atoms with Crippen molar-refractivity contribution in [3.8, 4) is 5.75 Å². The molecule has 0 unspecified atom stereocenters. The molecule has 0 radical (unpaired) electrons. The molecule has 5 heteroatoms. The molecule has 2 rings (SSSR count). The normalized spacial score (nSPS) is 9.95. The Bertz CT molecular complexity index is 637. The van der Waals surface area contributed by atoms with Gasteiger partial charge in [0, 0.05) is 3.57 Å². The Kier molecular flexibility index (Phi) is 4.16. The molecule has 0 bridgehead atoms. The second kappa shape index (κ2) is 5.83. The highest BCUT2D eigenvalue weighted by Crippen LogP contribution is 2.17. The van der Waals surface area contributed by atoms with Crippen LogP contribution in [0.1, 0.15) is 20.7 Å². The van der Waals surface area contributed by atoms with E-state index in [-0.39, 0.29) is 11.3 Å². The topological polar surface area (TPSA) is 63.6 Å². The maximum absolute atomic E-state index is 11.9. The molecule has 2 aromatic carbocycles. The van der Waals surface area contributed by atoms with Gasteiger partial charge >= 0.3 is 11.9 Å². The van der Waals surface area contributed by atoms with Crippen molar-refractivity contribution in [2.45, 2.75) is 0 Å². The Balaban J connectivity index is 2.22. The lowest BCUT2D eigenvalue weighted by Gasteiger charge is -2.06. The van der Waals surface area contributed by atoms with E-state index in [2.05, 4.69) is 0 Å². The van der Waals surface area contributed by atoms with Gasteiger partial charge in [-0.1, -0.05) is 18.2 Å². The van der Waals surface area contributed by atoms with Crippen LogP contribution in [-0.2, 0) is 0 Å². The molecule has 0 amide bonds. The van der Waals surface area contributed by atoms with E-state index in [1.54, 1.807) is 24.3 Å². The first kappa shape index (κ1) is 13.5. The number of hydrogen-bond acceptors (Lipinski definition) is 3. The summed E-state index contributed by atoms with van der Waals surface area (Å²) in [5.74, 6) is -1.36. The number of esters is 1. The average molecular weight is 368 g/mol. The first-order valence-electron chi connectivity index (χ1n) is 5.38. The summed E-state index contributed by atoms with van der Waals surface area (Å²) >= 11 is 2.04. The second-order valence-electron chi connectivity index (χ2n) is 3.70. The quantitative estimate of drug-likeness (QED) is 0.514. The molecule has 2 aromatic rings. The van der Waals surface area contributed by atoms with Crippen molar-refractivity contribution in [1.82, 2.24) is 0 Å². The van der Waals surface area contributed by atoms with Crippen LogP contribution in [0, 0.1) is 3.57 Å². The van der Waals surface area contributed by atoms with Gasteiger partial charge in [0.1, 0.15) is 5.75 Å². The van der Waals surface area contributed by atoms with Crippen molar-refractivity contribution in [2.75, 3.05) is 0 Å². The number of halogens is 1. The van der Waals surface area contributed by atoms with Gasteiger partial charge in [-0.25, -0.2) is 9.59 Å². The van der Waals surface area contributed by atoms with Gasteiger partial charge in [-0.2, -0.15) is 0 Å². The van der Waals surface area contributed by atoms with Gasteiger partial charge in [-0.05, 0) is 52.9 Å². The van der Waals surface area contributed by atoms with Crippen LogP contribution in [0.25, 0.3) is 0 Å². The summed E-state index contributed by atoms with van der Waals surface area (Å²) in [6, 6.07) is 12.8. The number of hydrogen-bond donors (Lipinski definition) is 1. The van der Waals surface area contributed by atoms with Crippen LogP contribution < -0.4 is 4.74 Å². The highest BCUT2D eigenvalue weighted by Gasteiger charge is 2.12. The molecule has 0 fully saturated rings. The fraction of sp³-hybridized carbons (Fsp3) is 0. The van der Waals surface area contributed by atoms with E-state index >= 15 is 0 Å². The van der Waals surface area contributed by atoms with Crippen LogP contribution in [0.2, 0.25) is 0 Å². The number of carboxylic acids is 1. The number of carbonyl (C=O) groups is 2. The monoisotopic (exact) mass is 368 g/mol. The number of carbonyl (C=O) groups excluding carboxylic acids is 1. The summed E-state index contributed by atoms with van der Waals surface area (Å²) < 4.78 is 5.94. The molecular formula is C14H9IO4. The molecule has 0 atom stereocenters. The summed E-state index contributed by atoms with van der Waals surface area (Å²) in [6.45, 7) is 0. The van der Waals surface area contributed by atoms with Crippen molar-refractivity contribution < 1.29 is 19.4 Å². The van der Waals surface area contributed by atoms with Gasteiger partial charge in [0.2, 0.25) is 0 Å². The van der Waals surface area contributed by atoms with Gasteiger partial charge in [0.05, 0.1) is 11.1 Å². The van der Waals surface area contributed by atoms with Crippen molar-refractivity contribution in [3.63, 3.8) is 0 Å². The lowest BCUT2D eigenvalue weighted by Crippen LogP contribution is -2.10.